The van der Waals surface area contributed by atoms with Crippen molar-refractivity contribution in [3.63, 3.8) is 0 Å². The number of aromatic nitrogens is 1. The lowest BCUT2D eigenvalue weighted by atomic mass is 9.92. The van der Waals surface area contributed by atoms with Gasteiger partial charge in [0.05, 0.1) is 35.2 Å². The number of rotatable bonds is 6. The first kappa shape index (κ1) is 30.9. The summed E-state index contributed by atoms with van der Waals surface area (Å²) in [5.74, 6) is 0.403. The maximum absolute atomic E-state index is 11.2. The minimum atomic E-state index is 0.202. The summed E-state index contributed by atoms with van der Waals surface area (Å²) in [4.78, 5) is 14.8. The zero-order valence-corrected chi connectivity index (χ0v) is 28.0. The number of hydrogen-bond donors (Lipinski definition) is 2. The summed E-state index contributed by atoms with van der Waals surface area (Å²) in [6, 6.07) is 53.7. The molecule has 52 heavy (non-hydrogen) atoms. The SMILES string of the molecule is Oc1ccc2ccccc2c1-c1c(N=Cc2cccc(C=Nc3ccc4ccccc4c3-c3c(O)ccc4ccccc34)n2)ccc2ccccc12. The van der Waals surface area contributed by atoms with Crippen LogP contribution >= 0.6 is 0 Å². The number of phenols is 2. The zero-order valence-electron chi connectivity index (χ0n) is 28.0. The van der Waals surface area contributed by atoms with Crippen LogP contribution in [0.15, 0.2) is 174 Å². The molecule has 0 aliphatic heterocycles. The van der Waals surface area contributed by atoms with Gasteiger partial charge in [0.2, 0.25) is 0 Å². The highest BCUT2D eigenvalue weighted by molar-refractivity contribution is 6.13. The second-order valence-electron chi connectivity index (χ2n) is 12.7. The van der Waals surface area contributed by atoms with Crippen LogP contribution in [0.2, 0.25) is 0 Å². The smallest absolute Gasteiger partial charge is 0.124 e. The van der Waals surface area contributed by atoms with Crippen LogP contribution in [0.3, 0.4) is 0 Å². The van der Waals surface area contributed by atoms with Crippen molar-refractivity contribution in [1.82, 2.24) is 4.98 Å². The summed E-state index contributed by atoms with van der Waals surface area (Å²) in [6.45, 7) is 0. The number of nitrogens with zero attached hydrogens (tertiary/aromatic N) is 3. The number of aliphatic imine (C=N–C) groups is 2. The molecule has 0 aliphatic carbocycles. The molecule has 8 aromatic carbocycles. The van der Waals surface area contributed by atoms with E-state index in [9.17, 15) is 10.2 Å². The Morgan fingerprint density at radius 2 is 0.692 bits per heavy atom. The van der Waals surface area contributed by atoms with Crippen molar-refractivity contribution in [2.75, 3.05) is 0 Å². The van der Waals surface area contributed by atoms with Crippen LogP contribution in [0.25, 0.3) is 65.3 Å². The van der Waals surface area contributed by atoms with Gasteiger partial charge in [0.15, 0.2) is 0 Å². The van der Waals surface area contributed by atoms with Crippen LogP contribution in [-0.2, 0) is 0 Å². The zero-order chi connectivity index (χ0) is 35.0. The number of aromatic hydroxyl groups is 2. The average molecular weight is 670 g/mol. The first-order valence-electron chi connectivity index (χ1n) is 17.1. The quantitative estimate of drug-likeness (QED) is 0.173. The molecule has 0 aliphatic rings. The van der Waals surface area contributed by atoms with Crippen LogP contribution < -0.4 is 0 Å². The first-order valence-corrected chi connectivity index (χ1v) is 17.1. The largest absolute Gasteiger partial charge is 0.507 e. The lowest BCUT2D eigenvalue weighted by Gasteiger charge is -2.15. The predicted octanol–water partition coefficient (Wildman–Crippen LogP) is 11.9. The average Bonchev–Trinajstić information content (AvgIpc) is 3.19. The fraction of sp³-hybridized carbons (Fsp3) is 0. The first-order chi connectivity index (χ1) is 25.6. The van der Waals surface area contributed by atoms with Gasteiger partial charge in [0.1, 0.15) is 11.5 Å². The molecule has 1 aromatic heterocycles. The van der Waals surface area contributed by atoms with Gasteiger partial charge >= 0.3 is 0 Å². The third-order valence-corrected chi connectivity index (χ3v) is 9.59. The van der Waals surface area contributed by atoms with Crippen molar-refractivity contribution < 1.29 is 10.2 Å². The molecule has 0 radical (unpaired) electrons. The molecule has 0 saturated heterocycles. The van der Waals surface area contributed by atoms with Crippen molar-refractivity contribution in [3.8, 4) is 33.8 Å². The van der Waals surface area contributed by atoms with Crippen LogP contribution in [0.1, 0.15) is 11.4 Å². The fourth-order valence-corrected chi connectivity index (χ4v) is 7.19. The molecule has 246 valence electrons. The van der Waals surface area contributed by atoms with E-state index in [2.05, 4.69) is 48.5 Å². The van der Waals surface area contributed by atoms with Gasteiger partial charge in [0, 0.05) is 22.3 Å². The third-order valence-electron chi connectivity index (χ3n) is 9.59. The normalized spacial score (nSPS) is 11.8. The Labute approximate surface area is 300 Å². The van der Waals surface area contributed by atoms with Gasteiger partial charge in [-0.15, -0.1) is 0 Å². The molecular weight excluding hydrogens is 639 g/mol. The van der Waals surface area contributed by atoms with E-state index in [1.54, 1.807) is 24.6 Å². The Balaban J connectivity index is 1.13. The van der Waals surface area contributed by atoms with Crippen molar-refractivity contribution >= 4 is 66.9 Å². The minimum Gasteiger partial charge on any atom is -0.507 e. The summed E-state index contributed by atoms with van der Waals surface area (Å²) in [5, 5.41) is 30.6. The summed E-state index contributed by atoms with van der Waals surface area (Å²) >= 11 is 0. The molecular formula is C47H31N3O2. The number of phenolic OH excluding ortho intramolecular Hbond substituents is 2. The highest BCUT2D eigenvalue weighted by Crippen LogP contribution is 2.46. The second kappa shape index (κ2) is 13.0. The molecule has 9 aromatic rings. The number of pyridine rings is 1. The van der Waals surface area contributed by atoms with E-state index >= 15 is 0 Å². The maximum atomic E-state index is 11.2. The summed E-state index contributed by atoms with van der Waals surface area (Å²) in [5.41, 5.74) is 6.00. The molecule has 5 heteroatoms. The van der Waals surface area contributed by atoms with Crippen molar-refractivity contribution in [1.29, 1.82) is 0 Å². The Morgan fingerprint density at radius 1 is 0.346 bits per heavy atom. The van der Waals surface area contributed by atoms with Gasteiger partial charge in [-0.3, -0.25) is 9.98 Å². The molecule has 0 amide bonds. The lowest BCUT2D eigenvalue weighted by Crippen LogP contribution is -1.94. The second-order valence-corrected chi connectivity index (χ2v) is 12.7. The van der Waals surface area contributed by atoms with Crippen molar-refractivity contribution in [2.24, 2.45) is 9.98 Å². The summed E-state index contributed by atoms with van der Waals surface area (Å²) in [6.07, 6.45) is 3.51. The molecule has 9 rings (SSSR count). The van der Waals surface area contributed by atoms with Crippen molar-refractivity contribution in [3.05, 3.63) is 175 Å². The van der Waals surface area contributed by atoms with E-state index in [-0.39, 0.29) is 11.5 Å². The lowest BCUT2D eigenvalue weighted by molar-refractivity contribution is 0.477. The molecule has 0 atom stereocenters. The van der Waals surface area contributed by atoms with Crippen LogP contribution in [-0.4, -0.2) is 27.6 Å². The molecule has 0 saturated carbocycles. The summed E-state index contributed by atoms with van der Waals surface area (Å²) < 4.78 is 0. The standard InChI is InChI=1S/C47H31N3O2/c51-42-26-22-32-12-3-7-18-38(32)46(42)44-36-16-5-1-10-30(36)20-24-40(44)48-28-34-14-9-15-35(50-34)29-49-41-25-21-31-11-2-6-17-37(31)45(41)47-39-19-8-4-13-33(39)23-27-43(47)52/h1-29,51-52H. The monoisotopic (exact) mass is 669 g/mol. The molecule has 0 spiro atoms. The van der Waals surface area contributed by atoms with Crippen LogP contribution in [0, 0.1) is 0 Å². The van der Waals surface area contributed by atoms with E-state index < -0.39 is 0 Å². The Hall–Kier alpha value is -7.11. The van der Waals surface area contributed by atoms with Gasteiger partial charge < -0.3 is 10.2 Å². The Bertz CT molecular complexity index is 2700. The summed E-state index contributed by atoms with van der Waals surface area (Å²) in [7, 11) is 0. The third kappa shape index (κ3) is 5.51. The van der Waals surface area contributed by atoms with E-state index in [1.165, 1.54) is 0 Å². The van der Waals surface area contributed by atoms with E-state index in [0.29, 0.717) is 11.4 Å². The van der Waals surface area contributed by atoms with Gasteiger partial charge in [0.25, 0.3) is 0 Å². The molecule has 1 heterocycles. The van der Waals surface area contributed by atoms with Crippen molar-refractivity contribution in [2.45, 2.75) is 0 Å². The number of benzene rings is 8. The topological polar surface area (TPSA) is 78.1 Å². The van der Waals surface area contributed by atoms with Gasteiger partial charge in [-0.1, -0.05) is 127 Å². The Kier molecular flexibility index (Phi) is 7.71. The van der Waals surface area contributed by atoms with Crippen LogP contribution in [0.4, 0.5) is 11.4 Å². The van der Waals surface area contributed by atoms with E-state index in [1.807, 2.05) is 103 Å². The predicted molar refractivity (Wildman–Crippen MR) is 216 cm³/mol. The van der Waals surface area contributed by atoms with Gasteiger partial charge in [-0.05, 0) is 79.5 Å². The molecule has 0 unspecified atom stereocenters. The maximum Gasteiger partial charge on any atom is 0.124 e. The van der Waals surface area contributed by atoms with Gasteiger partial charge in [-0.25, -0.2) is 4.98 Å². The Morgan fingerprint density at radius 3 is 1.10 bits per heavy atom. The minimum absolute atomic E-state index is 0.202. The van der Waals surface area contributed by atoms with Gasteiger partial charge in [-0.2, -0.15) is 0 Å². The molecule has 5 nitrogen and oxygen atoms in total. The van der Waals surface area contributed by atoms with Crippen LogP contribution in [0.5, 0.6) is 11.5 Å². The highest BCUT2D eigenvalue weighted by Gasteiger charge is 2.18. The molecule has 2 N–H and O–H groups in total. The van der Waals surface area contributed by atoms with E-state index in [4.69, 9.17) is 15.0 Å². The molecule has 0 bridgehead atoms. The van der Waals surface area contributed by atoms with E-state index in [0.717, 1.165) is 76.7 Å². The molecule has 0 fully saturated rings. The highest BCUT2D eigenvalue weighted by atomic mass is 16.3. The number of fused-ring (bicyclic) bond motifs is 4. The fourth-order valence-electron chi connectivity index (χ4n) is 7.19. The number of hydrogen-bond acceptors (Lipinski definition) is 5.